The van der Waals surface area contributed by atoms with Crippen LogP contribution in [0.15, 0.2) is 36.7 Å². The van der Waals surface area contributed by atoms with Crippen LogP contribution in [0.4, 0.5) is 0 Å². The Hall–Kier alpha value is -2.03. The van der Waals surface area contributed by atoms with Crippen LogP contribution in [0.1, 0.15) is 27.3 Å². The van der Waals surface area contributed by atoms with Gasteiger partial charge in [0.25, 0.3) is 0 Å². The van der Waals surface area contributed by atoms with Gasteiger partial charge >= 0.3 is 0 Å². The topological polar surface area (TPSA) is 42.9 Å². The molecular weight excluding hydrogens is 200 g/mol. The molecule has 0 aliphatic carbocycles. The van der Waals surface area contributed by atoms with Crippen LogP contribution in [0.3, 0.4) is 0 Å². The second-order valence-corrected chi connectivity index (χ2v) is 3.72. The minimum atomic E-state index is -0.127. The van der Waals surface area contributed by atoms with Gasteiger partial charge in [0.2, 0.25) is 11.6 Å². The van der Waals surface area contributed by atoms with Crippen LogP contribution in [0.5, 0.6) is 0 Å². The number of aromatic nitrogens is 2. The van der Waals surface area contributed by atoms with Gasteiger partial charge in [-0.1, -0.05) is 23.8 Å². The summed E-state index contributed by atoms with van der Waals surface area (Å²) < 4.78 is 0. The molecule has 1 heterocycles. The van der Waals surface area contributed by atoms with Crippen molar-refractivity contribution in [3.05, 3.63) is 59.2 Å². The summed E-state index contributed by atoms with van der Waals surface area (Å²) in [4.78, 5) is 20.0. The van der Waals surface area contributed by atoms with Crippen molar-refractivity contribution in [2.45, 2.75) is 13.8 Å². The van der Waals surface area contributed by atoms with Gasteiger partial charge in [0.05, 0.1) is 0 Å². The van der Waals surface area contributed by atoms with E-state index in [1.54, 1.807) is 18.5 Å². The summed E-state index contributed by atoms with van der Waals surface area (Å²) in [6.07, 6.45) is 3.15. The van der Waals surface area contributed by atoms with Gasteiger partial charge in [0.1, 0.15) is 0 Å². The molecule has 0 saturated carbocycles. The zero-order chi connectivity index (χ0) is 11.5. The van der Waals surface area contributed by atoms with E-state index in [0.29, 0.717) is 5.56 Å². The van der Waals surface area contributed by atoms with E-state index in [-0.39, 0.29) is 11.6 Å². The monoisotopic (exact) mass is 212 g/mol. The first-order valence-corrected chi connectivity index (χ1v) is 5.07. The molecule has 80 valence electrons. The van der Waals surface area contributed by atoms with E-state index in [0.717, 1.165) is 11.1 Å². The van der Waals surface area contributed by atoms with Crippen LogP contribution >= 0.6 is 0 Å². The smallest absolute Gasteiger partial charge is 0.230 e. The predicted octanol–water partition coefficient (Wildman–Crippen LogP) is 2.32. The van der Waals surface area contributed by atoms with Crippen LogP contribution in [-0.2, 0) is 0 Å². The van der Waals surface area contributed by atoms with E-state index in [4.69, 9.17) is 0 Å². The quantitative estimate of drug-likeness (QED) is 0.717. The number of rotatable bonds is 2. The molecule has 0 amide bonds. The number of hydrogen-bond acceptors (Lipinski definition) is 3. The largest absolute Gasteiger partial charge is 0.285 e. The van der Waals surface area contributed by atoms with Gasteiger partial charge in [0.15, 0.2) is 0 Å². The van der Waals surface area contributed by atoms with Crippen LogP contribution in [-0.4, -0.2) is 15.8 Å². The van der Waals surface area contributed by atoms with Gasteiger partial charge < -0.3 is 0 Å². The maximum absolute atomic E-state index is 12.1. The Bertz CT molecular complexity index is 521. The molecule has 0 N–H and O–H groups in total. The van der Waals surface area contributed by atoms with E-state index in [9.17, 15) is 4.79 Å². The second-order valence-electron chi connectivity index (χ2n) is 3.72. The third-order valence-corrected chi connectivity index (χ3v) is 2.40. The van der Waals surface area contributed by atoms with Crippen molar-refractivity contribution in [2.75, 3.05) is 0 Å². The summed E-state index contributed by atoms with van der Waals surface area (Å²) in [6.45, 7) is 3.92. The molecule has 0 fully saturated rings. The van der Waals surface area contributed by atoms with Crippen molar-refractivity contribution < 1.29 is 4.79 Å². The van der Waals surface area contributed by atoms with Gasteiger partial charge in [-0.15, -0.1) is 0 Å². The molecule has 16 heavy (non-hydrogen) atoms. The molecule has 0 unspecified atom stereocenters. The molecular formula is C13H12N2O. The molecule has 3 nitrogen and oxygen atoms in total. The maximum atomic E-state index is 12.1. The highest BCUT2D eigenvalue weighted by atomic mass is 16.1. The van der Waals surface area contributed by atoms with E-state index >= 15 is 0 Å². The van der Waals surface area contributed by atoms with Crippen LogP contribution < -0.4 is 0 Å². The molecule has 0 atom stereocenters. The maximum Gasteiger partial charge on any atom is 0.230 e. The third-order valence-electron chi connectivity index (χ3n) is 2.40. The summed E-state index contributed by atoms with van der Waals surface area (Å²) in [5.41, 5.74) is 2.76. The molecule has 1 aromatic heterocycles. The zero-order valence-corrected chi connectivity index (χ0v) is 9.27. The Labute approximate surface area is 94.2 Å². The third kappa shape index (κ3) is 1.98. The molecule has 1 aromatic carbocycles. The Kier molecular flexibility index (Phi) is 2.77. The lowest BCUT2D eigenvalue weighted by molar-refractivity contribution is 0.102. The van der Waals surface area contributed by atoms with Gasteiger partial charge in [0, 0.05) is 18.0 Å². The average molecular weight is 212 g/mol. The van der Waals surface area contributed by atoms with Crippen molar-refractivity contribution in [1.82, 2.24) is 9.97 Å². The highest BCUT2D eigenvalue weighted by Crippen LogP contribution is 2.13. The average Bonchev–Trinajstić information content (AvgIpc) is 2.29. The number of hydrogen-bond donors (Lipinski definition) is 0. The molecule has 3 heteroatoms. The van der Waals surface area contributed by atoms with Crippen molar-refractivity contribution in [3.8, 4) is 0 Å². The fourth-order valence-electron chi connectivity index (χ4n) is 1.61. The number of aryl methyl sites for hydroxylation is 2. The lowest BCUT2D eigenvalue weighted by Gasteiger charge is -2.04. The van der Waals surface area contributed by atoms with Crippen molar-refractivity contribution in [3.63, 3.8) is 0 Å². The summed E-state index contributed by atoms with van der Waals surface area (Å²) in [5, 5.41) is 0. The Morgan fingerprint density at radius 3 is 2.44 bits per heavy atom. The fraction of sp³-hybridized carbons (Fsp3) is 0.154. The van der Waals surface area contributed by atoms with Crippen molar-refractivity contribution in [2.24, 2.45) is 0 Å². The van der Waals surface area contributed by atoms with Gasteiger partial charge in [-0.25, -0.2) is 9.97 Å². The Balaban J connectivity index is 2.42. The van der Waals surface area contributed by atoms with E-state index in [2.05, 4.69) is 9.97 Å². The molecule has 0 radical (unpaired) electrons. The number of carbonyl (C=O) groups excluding carboxylic acids is 1. The minimum Gasteiger partial charge on any atom is -0.285 e. The first-order chi connectivity index (χ1) is 7.68. The van der Waals surface area contributed by atoms with Crippen LogP contribution in [0.25, 0.3) is 0 Å². The van der Waals surface area contributed by atoms with E-state index in [1.165, 1.54) is 0 Å². The van der Waals surface area contributed by atoms with Crippen molar-refractivity contribution in [1.29, 1.82) is 0 Å². The zero-order valence-electron chi connectivity index (χ0n) is 9.27. The molecule has 2 rings (SSSR count). The summed E-state index contributed by atoms with van der Waals surface area (Å²) >= 11 is 0. The molecule has 0 saturated heterocycles. The van der Waals surface area contributed by atoms with Gasteiger partial charge in [-0.05, 0) is 25.5 Å². The van der Waals surface area contributed by atoms with Crippen LogP contribution in [0, 0.1) is 13.8 Å². The first kappa shape index (κ1) is 10.5. The molecule has 0 aliphatic rings. The molecule has 0 aliphatic heterocycles. The highest BCUT2D eigenvalue weighted by molar-refractivity contribution is 6.07. The van der Waals surface area contributed by atoms with E-state index in [1.807, 2.05) is 32.0 Å². The summed E-state index contributed by atoms with van der Waals surface area (Å²) in [6, 6.07) is 7.42. The van der Waals surface area contributed by atoms with Gasteiger partial charge in [-0.2, -0.15) is 0 Å². The molecule has 2 aromatic rings. The highest BCUT2D eigenvalue weighted by Gasteiger charge is 2.13. The molecule has 0 bridgehead atoms. The standard InChI is InChI=1S/C13H12N2O/c1-9-4-5-11(10(2)8-9)12(16)13-14-6-3-7-15-13/h3-8H,1-2H3. The lowest BCUT2D eigenvalue weighted by atomic mass is 10.0. The normalized spacial score (nSPS) is 10.1. The number of nitrogens with zero attached hydrogens (tertiary/aromatic N) is 2. The molecule has 0 spiro atoms. The summed E-state index contributed by atoms with van der Waals surface area (Å²) in [5.74, 6) is 0.118. The first-order valence-electron chi connectivity index (χ1n) is 5.07. The van der Waals surface area contributed by atoms with E-state index < -0.39 is 0 Å². The predicted molar refractivity (Wildman–Crippen MR) is 61.4 cm³/mol. The fourth-order valence-corrected chi connectivity index (χ4v) is 1.61. The van der Waals surface area contributed by atoms with Gasteiger partial charge in [-0.3, -0.25) is 4.79 Å². The Morgan fingerprint density at radius 2 is 1.81 bits per heavy atom. The second kappa shape index (κ2) is 4.23. The van der Waals surface area contributed by atoms with Crippen molar-refractivity contribution >= 4 is 5.78 Å². The summed E-state index contributed by atoms with van der Waals surface area (Å²) in [7, 11) is 0. The van der Waals surface area contributed by atoms with Crippen LogP contribution in [0.2, 0.25) is 0 Å². The number of carbonyl (C=O) groups is 1. The Morgan fingerprint density at radius 1 is 1.12 bits per heavy atom. The SMILES string of the molecule is Cc1ccc(C(=O)c2ncccn2)c(C)c1. The minimum absolute atomic E-state index is 0.127. The number of benzene rings is 1. The lowest BCUT2D eigenvalue weighted by Crippen LogP contribution is -2.08. The number of ketones is 1.